The van der Waals surface area contributed by atoms with E-state index >= 15 is 0 Å². The lowest BCUT2D eigenvalue weighted by Crippen LogP contribution is -2.51. The van der Waals surface area contributed by atoms with Gasteiger partial charge in [0.25, 0.3) is 5.91 Å². The molecule has 4 bridgehead atoms. The number of para-hydroxylation sites is 1. The monoisotopic (exact) mass is 398 g/mol. The normalized spacial score (nSPS) is 30.5. The number of ether oxygens (including phenoxy) is 1. The molecule has 2 aromatic rings. The van der Waals surface area contributed by atoms with Crippen LogP contribution < -0.4 is 0 Å². The molecule has 1 aromatic carbocycles. The van der Waals surface area contributed by atoms with Crippen LogP contribution in [0, 0.1) is 23.2 Å². The summed E-state index contributed by atoms with van der Waals surface area (Å²) in [6, 6.07) is 7.96. The first-order valence-corrected chi connectivity index (χ1v) is 11.1. The minimum atomic E-state index is -0.305. The summed E-state index contributed by atoms with van der Waals surface area (Å²) in [6.07, 6.45) is 6.76. The summed E-state index contributed by atoms with van der Waals surface area (Å²) in [5, 5.41) is 0.893. The zero-order valence-electron chi connectivity index (χ0n) is 16.2. The van der Waals surface area contributed by atoms with Crippen LogP contribution in [0.3, 0.4) is 0 Å². The van der Waals surface area contributed by atoms with E-state index in [0.717, 1.165) is 34.5 Å². The first-order valence-electron chi connectivity index (χ1n) is 10.3. The maximum Gasteiger partial charge on any atom is 0.312 e. The minimum absolute atomic E-state index is 0.131. The number of hydrogen-bond donors (Lipinski definition) is 0. The molecule has 1 amide bonds. The molecule has 28 heavy (non-hydrogen) atoms. The van der Waals surface area contributed by atoms with Crippen molar-refractivity contribution in [1.82, 2.24) is 9.88 Å². The predicted octanol–water partition coefficient (Wildman–Crippen LogP) is 4.01. The summed E-state index contributed by atoms with van der Waals surface area (Å²) in [4.78, 5) is 31.6. The van der Waals surface area contributed by atoms with Gasteiger partial charge in [0.15, 0.2) is 6.61 Å². The van der Waals surface area contributed by atoms with Gasteiger partial charge in [-0.2, -0.15) is 0 Å². The summed E-state index contributed by atoms with van der Waals surface area (Å²) < 4.78 is 6.68. The Morgan fingerprint density at radius 2 is 1.79 bits per heavy atom. The fraction of sp³-hybridized carbons (Fsp3) is 0.591. The van der Waals surface area contributed by atoms with Crippen molar-refractivity contribution >= 4 is 33.4 Å². The van der Waals surface area contributed by atoms with Gasteiger partial charge < -0.3 is 9.64 Å². The number of nitrogens with zero attached hydrogens (tertiary/aromatic N) is 2. The number of thiazole rings is 1. The van der Waals surface area contributed by atoms with Gasteiger partial charge in [-0.3, -0.25) is 9.59 Å². The molecule has 4 fully saturated rings. The Kier molecular flexibility index (Phi) is 4.42. The second-order valence-electron chi connectivity index (χ2n) is 9.10. The van der Waals surface area contributed by atoms with E-state index in [9.17, 15) is 9.59 Å². The van der Waals surface area contributed by atoms with Crippen LogP contribution in [0.25, 0.3) is 10.2 Å². The van der Waals surface area contributed by atoms with Crippen molar-refractivity contribution in [2.24, 2.45) is 23.2 Å². The predicted molar refractivity (Wildman–Crippen MR) is 108 cm³/mol. The highest BCUT2D eigenvalue weighted by Crippen LogP contribution is 2.60. The van der Waals surface area contributed by atoms with Gasteiger partial charge in [-0.05, 0) is 68.4 Å². The number of benzene rings is 1. The van der Waals surface area contributed by atoms with Crippen LogP contribution in [0.15, 0.2) is 24.3 Å². The molecule has 6 rings (SSSR count). The Morgan fingerprint density at radius 1 is 1.14 bits per heavy atom. The third-order valence-electron chi connectivity index (χ3n) is 6.93. The van der Waals surface area contributed by atoms with E-state index in [-0.39, 0.29) is 23.9 Å². The second kappa shape index (κ2) is 6.83. The van der Waals surface area contributed by atoms with E-state index in [1.165, 1.54) is 19.3 Å². The Balaban J connectivity index is 1.18. The average molecular weight is 399 g/mol. The van der Waals surface area contributed by atoms with Gasteiger partial charge in [0.05, 0.1) is 22.2 Å². The molecular weight excluding hydrogens is 372 g/mol. The molecule has 0 atom stereocenters. The number of carbonyl (C=O) groups excluding carboxylic acids is 2. The molecule has 0 spiro atoms. The zero-order valence-corrected chi connectivity index (χ0v) is 17.0. The summed E-state index contributed by atoms with van der Waals surface area (Å²) in [5.41, 5.74) is 0.650. The maximum absolute atomic E-state index is 12.9. The first kappa shape index (κ1) is 18.1. The third kappa shape index (κ3) is 3.21. The summed E-state index contributed by atoms with van der Waals surface area (Å²) in [7, 11) is 1.74. The van der Waals surface area contributed by atoms with Gasteiger partial charge in [-0.25, -0.2) is 4.98 Å². The molecule has 4 saturated carbocycles. The number of rotatable bonds is 5. The van der Waals surface area contributed by atoms with E-state index in [1.807, 2.05) is 24.3 Å². The van der Waals surface area contributed by atoms with Crippen molar-refractivity contribution in [1.29, 1.82) is 0 Å². The number of esters is 1. The molecule has 0 saturated heterocycles. The van der Waals surface area contributed by atoms with Crippen LogP contribution in [0.4, 0.5) is 0 Å². The maximum atomic E-state index is 12.9. The van der Waals surface area contributed by atoms with Gasteiger partial charge in [0, 0.05) is 7.05 Å². The molecular formula is C22H26N2O3S. The molecule has 148 valence electrons. The van der Waals surface area contributed by atoms with E-state index in [1.54, 1.807) is 23.3 Å². The highest BCUT2D eigenvalue weighted by atomic mass is 32.1. The molecule has 5 nitrogen and oxygen atoms in total. The standard InChI is InChI=1S/C22H26N2O3S/c1-24(12-19-23-17-4-2-3-5-18(17)28-19)20(25)13-27-21(26)22-9-14-6-15(10-22)8-16(7-14)11-22/h2-5,14-16H,6-13H2,1H3. The Labute approximate surface area is 169 Å². The fourth-order valence-corrected chi connectivity index (χ4v) is 7.05. The summed E-state index contributed by atoms with van der Waals surface area (Å²) in [5.74, 6) is 1.77. The molecule has 0 unspecified atom stereocenters. The van der Waals surface area contributed by atoms with Gasteiger partial charge in [0.2, 0.25) is 0 Å². The quantitative estimate of drug-likeness (QED) is 0.714. The van der Waals surface area contributed by atoms with E-state index in [2.05, 4.69) is 4.98 Å². The van der Waals surface area contributed by atoms with Crippen LogP contribution in [0.5, 0.6) is 0 Å². The Bertz CT molecular complexity index is 853. The number of amides is 1. The topological polar surface area (TPSA) is 59.5 Å². The largest absolute Gasteiger partial charge is 0.455 e. The number of hydrogen-bond acceptors (Lipinski definition) is 5. The molecule has 1 aromatic heterocycles. The summed E-state index contributed by atoms with van der Waals surface area (Å²) in [6.45, 7) is 0.273. The molecule has 0 N–H and O–H groups in total. The van der Waals surface area contributed by atoms with Crippen LogP contribution in [0.1, 0.15) is 43.5 Å². The number of likely N-dealkylation sites (N-methyl/N-ethyl adjacent to an activating group) is 1. The van der Waals surface area contributed by atoms with Crippen molar-refractivity contribution in [2.75, 3.05) is 13.7 Å². The molecule has 1 heterocycles. The van der Waals surface area contributed by atoms with Crippen molar-refractivity contribution in [3.8, 4) is 0 Å². The van der Waals surface area contributed by atoms with Gasteiger partial charge in [-0.15, -0.1) is 11.3 Å². The lowest BCUT2D eigenvalue weighted by molar-refractivity contribution is -0.174. The van der Waals surface area contributed by atoms with Crippen LogP contribution in [-0.4, -0.2) is 35.4 Å². The van der Waals surface area contributed by atoms with Crippen molar-refractivity contribution in [3.05, 3.63) is 29.3 Å². The number of fused-ring (bicyclic) bond motifs is 1. The van der Waals surface area contributed by atoms with Crippen molar-refractivity contribution < 1.29 is 14.3 Å². The Morgan fingerprint density at radius 3 is 2.43 bits per heavy atom. The first-order chi connectivity index (χ1) is 13.5. The van der Waals surface area contributed by atoms with Crippen LogP contribution in [0.2, 0.25) is 0 Å². The highest BCUT2D eigenvalue weighted by molar-refractivity contribution is 7.18. The number of aromatic nitrogens is 1. The third-order valence-corrected chi connectivity index (χ3v) is 7.96. The minimum Gasteiger partial charge on any atom is -0.455 e. The van der Waals surface area contributed by atoms with Gasteiger partial charge in [-0.1, -0.05) is 12.1 Å². The molecule has 6 heteroatoms. The van der Waals surface area contributed by atoms with E-state index in [0.29, 0.717) is 24.3 Å². The van der Waals surface area contributed by atoms with E-state index in [4.69, 9.17) is 4.74 Å². The van der Waals surface area contributed by atoms with Crippen LogP contribution in [-0.2, 0) is 20.9 Å². The SMILES string of the molecule is CN(Cc1nc2ccccc2s1)C(=O)COC(=O)C12CC3CC(CC(C3)C1)C2. The molecule has 0 aliphatic heterocycles. The number of carbonyl (C=O) groups is 2. The lowest BCUT2D eigenvalue weighted by atomic mass is 9.49. The van der Waals surface area contributed by atoms with Gasteiger partial charge in [0.1, 0.15) is 5.01 Å². The average Bonchev–Trinajstić information content (AvgIpc) is 3.06. The van der Waals surface area contributed by atoms with Crippen molar-refractivity contribution in [2.45, 2.75) is 45.1 Å². The van der Waals surface area contributed by atoms with E-state index < -0.39 is 0 Å². The second-order valence-corrected chi connectivity index (χ2v) is 10.2. The van der Waals surface area contributed by atoms with Gasteiger partial charge >= 0.3 is 5.97 Å². The molecule has 4 aliphatic carbocycles. The highest BCUT2D eigenvalue weighted by Gasteiger charge is 2.55. The smallest absolute Gasteiger partial charge is 0.312 e. The fourth-order valence-electron chi connectivity index (χ4n) is 6.03. The lowest BCUT2D eigenvalue weighted by Gasteiger charge is -2.55. The Hall–Kier alpha value is -1.95. The van der Waals surface area contributed by atoms with Crippen LogP contribution >= 0.6 is 11.3 Å². The molecule has 4 aliphatic rings. The summed E-state index contributed by atoms with van der Waals surface area (Å²) >= 11 is 1.59. The molecule has 0 radical (unpaired) electrons. The van der Waals surface area contributed by atoms with Crippen molar-refractivity contribution in [3.63, 3.8) is 0 Å². The zero-order chi connectivity index (χ0) is 19.3.